The number of nitrogens with one attached hydrogen (secondary N) is 3. The number of halogens is 1. The molecule has 35 heavy (non-hydrogen) atoms. The molecule has 1 aliphatic carbocycles. The maximum atomic E-state index is 13.2. The molecule has 3 N–H and O–H groups in total. The molecule has 5 rings (SSSR count). The second kappa shape index (κ2) is 10.4. The van der Waals surface area contributed by atoms with Crippen LogP contribution >= 0.6 is 0 Å². The van der Waals surface area contributed by atoms with Crippen LogP contribution in [0.15, 0.2) is 54.7 Å². The fourth-order valence-electron chi connectivity index (χ4n) is 4.88. The summed E-state index contributed by atoms with van der Waals surface area (Å²) in [5.74, 6) is 2.06. The molecule has 0 unspecified atom stereocenters. The summed E-state index contributed by atoms with van der Waals surface area (Å²) in [6.45, 7) is 1.71. The number of para-hydroxylation sites is 1. The number of aromatic amines is 1. The monoisotopic (exact) mass is 473 g/mol. The molecular weight excluding hydrogens is 441 g/mol. The highest BCUT2D eigenvalue weighted by Gasteiger charge is 2.22. The molecule has 0 atom stereocenters. The van der Waals surface area contributed by atoms with E-state index in [1.165, 1.54) is 12.1 Å². The molecule has 2 aromatic heterocycles. The molecule has 1 aliphatic rings. The topological polar surface area (TPSA) is 81.8 Å². The molecular formula is C27H32FN7. The largest absolute Gasteiger partial charge is 0.362 e. The molecule has 1 saturated carbocycles. The van der Waals surface area contributed by atoms with Gasteiger partial charge in [-0.3, -0.25) is 5.10 Å². The van der Waals surface area contributed by atoms with Crippen LogP contribution in [0.1, 0.15) is 31.2 Å². The highest BCUT2D eigenvalue weighted by Crippen LogP contribution is 2.28. The summed E-state index contributed by atoms with van der Waals surface area (Å²) in [6, 6.07) is 15.0. The van der Waals surface area contributed by atoms with E-state index in [2.05, 4.69) is 26.9 Å². The van der Waals surface area contributed by atoms with Crippen molar-refractivity contribution in [3.05, 3.63) is 66.1 Å². The molecule has 2 heterocycles. The van der Waals surface area contributed by atoms with Crippen molar-refractivity contribution in [2.45, 2.75) is 38.3 Å². The van der Waals surface area contributed by atoms with Crippen LogP contribution < -0.4 is 15.5 Å². The van der Waals surface area contributed by atoms with E-state index in [-0.39, 0.29) is 5.82 Å². The average molecular weight is 474 g/mol. The van der Waals surface area contributed by atoms with Gasteiger partial charge in [-0.25, -0.2) is 9.37 Å². The standard InChI is InChI=1S/C27H32FN7/c1-35(2)26-23-5-3-4-6-24(23)32-27(33-26)31-22-13-7-18(8-14-22)15-29-16-20-17-30-34-25(20)19-9-11-21(28)12-10-19/h3-6,9-12,17-18,22,29H,7-8,13-16H2,1-2H3,(H,30,34)(H,31,32,33)/t18-,22+. The lowest BCUT2D eigenvalue weighted by Gasteiger charge is -2.29. The number of nitrogens with zero attached hydrogens (tertiary/aromatic N) is 4. The van der Waals surface area contributed by atoms with Crippen LogP contribution in [0.4, 0.5) is 16.2 Å². The first-order chi connectivity index (χ1) is 17.1. The normalized spacial score (nSPS) is 18.0. The molecule has 0 spiro atoms. The van der Waals surface area contributed by atoms with Gasteiger partial charge in [-0.15, -0.1) is 0 Å². The molecule has 2 aromatic carbocycles. The number of benzene rings is 2. The van der Waals surface area contributed by atoms with Gasteiger partial charge in [0.05, 0.1) is 11.2 Å². The van der Waals surface area contributed by atoms with Crippen molar-refractivity contribution in [3.63, 3.8) is 0 Å². The molecule has 4 aromatic rings. The highest BCUT2D eigenvalue weighted by atomic mass is 19.1. The zero-order valence-electron chi connectivity index (χ0n) is 20.3. The summed E-state index contributed by atoms with van der Waals surface area (Å²) in [7, 11) is 4.03. The third-order valence-electron chi connectivity index (χ3n) is 6.77. The van der Waals surface area contributed by atoms with Gasteiger partial charge in [-0.1, -0.05) is 12.1 Å². The van der Waals surface area contributed by atoms with Gasteiger partial charge >= 0.3 is 0 Å². The molecule has 0 radical (unpaired) electrons. The molecule has 0 saturated heterocycles. The Morgan fingerprint density at radius 2 is 1.77 bits per heavy atom. The van der Waals surface area contributed by atoms with Gasteiger partial charge in [0.2, 0.25) is 5.95 Å². The van der Waals surface area contributed by atoms with Crippen LogP contribution in [-0.4, -0.2) is 46.8 Å². The van der Waals surface area contributed by atoms with Gasteiger partial charge in [0, 0.05) is 49.4 Å². The molecule has 1 fully saturated rings. The van der Waals surface area contributed by atoms with Gasteiger partial charge in [-0.05, 0) is 74.5 Å². The molecule has 7 nitrogen and oxygen atoms in total. The number of aromatic nitrogens is 4. The van der Waals surface area contributed by atoms with Crippen LogP contribution in [0.2, 0.25) is 0 Å². The predicted molar refractivity (Wildman–Crippen MR) is 139 cm³/mol. The van der Waals surface area contributed by atoms with Crippen LogP contribution in [-0.2, 0) is 6.54 Å². The first-order valence-electron chi connectivity index (χ1n) is 12.3. The zero-order chi connectivity index (χ0) is 24.2. The maximum absolute atomic E-state index is 13.2. The molecule has 0 bridgehead atoms. The van der Waals surface area contributed by atoms with Crippen LogP contribution in [0.5, 0.6) is 0 Å². The SMILES string of the molecule is CN(C)c1nc(N[C@H]2CC[C@@H](CNCc3c[nH]nc3-c3ccc(F)cc3)CC2)nc2ccccc12. The Balaban J connectivity index is 1.13. The third-order valence-corrected chi connectivity index (χ3v) is 6.77. The van der Waals surface area contributed by atoms with E-state index in [4.69, 9.17) is 9.97 Å². The average Bonchev–Trinajstić information content (AvgIpc) is 3.33. The Labute approximate surface area is 205 Å². The number of H-pyrrole nitrogens is 1. The quantitative estimate of drug-likeness (QED) is 0.335. The van der Waals surface area contributed by atoms with Crippen molar-refractivity contribution < 1.29 is 4.39 Å². The van der Waals surface area contributed by atoms with Crippen LogP contribution in [0.3, 0.4) is 0 Å². The van der Waals surface area contributed by atoms with E-state index >= 15 is 0 Å². The minimum absolute atomic E-state index is 0.237. The van der Waals surface area contributed by atoms with Crippen molar-refractivity contribution >= 4 is 22.7 Å². The lowest BCUT2D eigenvalue weighted by molar-refractivity contribution is 0.324. The maximum Gasteiger partial charge on any atom is 0.225 e. The summed E-state index contributed by atoms with van der Waals surface area (Å²) in [4.78, 5) is 11.6. The number of anilines is 2. The number of fused-ring (bicyclic) bond motifs is 1. The minimum Gasteiger partial charge on any atom is -0.362 e. The van der Waals surface area contributed by atoms with Crippen molar-refractivity contribution in [2.24, 2.45) is 5.92 Å². The summed E-state index contributed by atoms with van der Waals surface area (Å²) >= 11 is 0. The van der Waals surface area contributed by atoms with Gasteiger partial charge in [0.25, 0.3) is 0 Å². The second-order valence-electron chi connectivity index (χ2n) is 9.54. The second-order valence-corrected chi connectivity index (χ2v) is 9.54. The summed E-state index contributed by atoms with van der Waals surface area (Å²) in [5.41, 5.74) is 3.85. The Morgan fingerprint density at radius 3 is 2.54 bits per heavy atom. The lowest BCUT2D eigenvalue weighted by Crippen LogP contribution is -2.31. The fourth-order valence-corrected chi connectivity index (χ4v) is 4.88. The van der Waals surface area contributed by atoms with Crippen LogP contribution in [0, 0.1) is 11.7 Å². The van der Waals surface area contributed by atoms with Gasteiger partial charge in [0.1, 0.15) is 11.6 Å². The van der Waals surface area contributed by atoms with Crippen molar-refractivity contribution in [3.8, 4) is 11.3 Å². The molecule has 0 aliphatic heterocycles. The fraction of sp³-hybridized carbons (Fsp3) is 0.370. The predicted octanol–water partition coefficient (Wildman–Crippen LogP) is 4.99. The van der Waals surface area contributed by atoms with E-state index in [1.807, 2.05) is 43.4 Å². The van der Waals surface area contributed by atoms with Crippen molar-refractivity contribution in [2.75, 3.05) is 30.9 Å². The van der Waals surface area contributed by atoms with Gasteiger partial charge < -0.3 is 15.5 Å². The highest BCUT2D eigenvalue weighted by molar-refractivity contribution is 5.90. The van der Waals surface area contributed by atoms with Gasteiger partial charge in [-0.2, -0.15) is 10.1 Å². The minimum atomic E-state index is -0.237. The first kappa shape index (κ1) is 23.2. The summed E-state index contributed by atoms with van der Waals surface area (Å²) in [6.07, 6.45) is 6.45. The zero-order valence-corrected chi connectivity index (χ0v) is 20.3. The number of hydrogen-bond acceptors (Lipinski definition) is 6. The smallest absolute Gasteiger partial charge is 0.225 e. The van der Waals surface area contributed by atoms with E-state index in [9.17, 15) is 4.39 Å². The summed E-state index contributed by atoms with van der Waals surface area (Å²) < 4.78 is 13.2. The van der Waals surface area contributed by atoms with E-state index < -0.39 is 0 Å². The third kappa shape index (κ3) is 5.43. The number of hydrogen-bond donors (Lipinski definition) is 3. The van der Waals surface area contributed by atoms with Gasteiger partial charge in [0.15, 0.2) is 0 Å². The Bertz CT molecular complexity index is 1260. The Kier molecular flexibility index (Phi) is 6.90. The Hall–Kier alpha value is -3.52. The lowest BCUT2D eigenvalue weighted by atomic mass is 9.86. The molecule has 0 amide bonds. The molecule has 8 heteroatoms. The Morgan fingerprint density at radius 1 is 1.00 bits per heavy atom. The molecule has 182 valence electrons. The van der Waals surface area contributed by atoms with E-state index in [0.29, 0.717) is 17.9 Å². The van der Waals surface area contributed by atoms with Crippen LogP contribution in [0.25, 0.3) is 22.2 Å². The van der Waals surface area contributed by atoms with Crippen molar-refractivity contribution in [1.29, 1.82) is 0 Å². The summed E-state index contributed by atoms with van der Waals surface area (Å²) in [5, 5.41) is 15.6. The van der Waals surface area contributed by atoms with Crippen molar-refractivity contribution in [1.82, 2.24) is 25.5 Å². The first-order valence-corrected chi connectivity index (χ1v) is 12.3. The van der Waals surface area contributed by atoms with E-state index in [1.54, 1.807) is 12.1 Å². The number of rotatable bonds is 8. The van der Waals surface area contributed by atoms with E-state index in [0.717, 1.165) is 72.3 Å².